The van der Waals surface area contributed by atoms with Gasteiger partial charge in [-0.1, -0.05) is 23.7 Å². The predicted octanol–water partition coefficient (Wildman–Crippen LogP) is 6.24. The van der Waals surface area contributed by atoms with Crippen LogP contribution < -0.4 is 14.2 Å². The Morgan fingerprint density at radius 2 is 1.83 bits per heavy atom. The Bertz CT molecular complexity index is 1790. The van der Waals surface area contributed by atoms with Crippen LogP contribution in [0.5, 0.6) is 11.5 Å². The molecule has 0 aliphatic heterocycles. The van der Waals surface area contributed by atoms with Gasteiger partial charge >= 0.3 is 6.18 Å². The second kappa shape index (κ2) is 11.5. The first kappa shape index (κ1) is 29.7. The molecule has 3 heterocycles. The zero-order valence-corrected chi connectivity index (χ0v) is 24.5. The highest BCUT2D eigenvalue weighted by Gasteiger charge is 2.44. The van der Waals surface area contributed by atoms with Gasteiger partial charge in [-0.3, -0.25) is 4.98 Å². The van der Waals surface area contributed by atoms with Crippen molar-refractivity contribution in [1.82, 2.24) is 29.5 Å². The lowest BCUT2D eigenvalue weighted by Gasteiger charge is -2.27. The van der Waals surface area contributed by atoms with Crippen LogP contribution in [-0.2, 0) is 17.6 Å². The highest BCUT2D eigenvalue weighted by atomic mass is 35.5. The van der Waals surface area contributed by atoms with Crippen molar-refractivity contribution >= 4 is 39.1 Å². The lowest BCUT2D eigenvalue weighted by atomic mass is 10.0. The van der Waals surface area contributed by atoms with Gasteiger partial charge in [0.15, 0.2) is 11.5 Å². The lowest BCUT2D eigenvalue weighted by molar-refractivity contribution is -0.152. The normalized spacial score (nSPS) is 13.8. The number of halogens is 4. The number of ether oxygens (including phenoxy) is 2. The molecule has 0 radical (unpaired) electrons. The van der Waals surface area contributed by atoms with Crippen LogP contribution in [0.15, 0.2) is 60.8 Å². The molecule has 0 amide bonds. The number of benzene rings is 2. The number of nitrogens with zero attached hydrogens (tertiary/aromatic N) is 5. The zero-order valence-electron chi connectivity index (χ0n) is 22.9. The summed E-state index contributed by atoms with van der Waals surface area (Å²) in [6, 6.07) is 12.5. The van der Waals surface area contributed by atoms with Crippen LogP contribution in [-0.4, -0.2) is 47.0 Å². The fourth-order valence-corrected chi connectivity index (χ4v) is 5.20. The van der Waals surface area contributed by atoms with Gasteiger partial charge in [0.2, 0.25) is 0 Å². The molecular formula is C28H26ClF3N6O3S. The van der Waals surface area contributed by atoms with Crippen LogP contribution in [0.4, 0.5) is 13.2 Å². The molecule has 3 aromatic heterocycles. The SMILES string of the molecule is COc1ccc2c(OCc3nnc4ccc(-c5ccc([C@H](NS(=O)C(C)(C)C)C(F)(F)F)c(Cl)c5)nn34)ccnc2c1. The Morgan fingerprint density at radius 1 is 1.05 bits per heavy atom. The van der Waals surface area contributed by atoms with E-state index in [2.05, 4.69) is 25.0 Å². The van der Waals surface area contributed by atoms with Gasteiger partial charge in [0.25, 0.3) is 0 Å². The Balaban J connectivity index is 1.41. The van der Waals surface area contributed by atoms with Crippen LogP contribution in [0.3, 0.4) is 0 Å². The molecule has 42 heavy (non-hydrogen) atoms. The zero-order chi connectivity index (χ0) is 30.2. The largest absolute Gasteiger partial charge is 0.497 e. The highest BCUT2D eigenvalue weighted by Crippen LogP contribution is 2.38. The standard InChI is InChI=1S/C28H26ClF3N6O3S/c1-27(2,3)42(39)37-26(28(30,31)32)18-7-5-16(13-20(18)29)21-9-10-24-34-35-25(38(24)36-21)15-41-23-11-12-33-22-14-17(40-4)6-8-19(22)23/h5-14,26,37H,15H2,1-4H3/t26-,42?/m0/s1. The van der Waals surface area contributed by atoms with Gasteiger partial charge in [0.1, 0.15) is 24.1 Å². The molecule has 0 saturated carbocycles. The van der Waals surface area contributed by atoms with Crippen molar-refractivity contribution in [2.75, 3.05) is 7.11 Å². The summed E-state index contributed by atoms with van der Waals surface area (Å²) < 4.78 is 68.4. The number of fused-ring (bicyclic) bond motifs is 2. The summed E-state index contributed by atoms with van der Waals surface area (Å²) in [5.74, 6) is 1.66. The quantitative estimate of drug-likeness (QED) is 0.220. The van der Waals surface area contributed by atoms with Gasteiger partial charge in [-0.15, -0.1) is 10.2 Å². The summed E-state index contributed by atoms with van der Waals surface area (Å²) in [5.41, 5.74) is 1.81. The number of alkyl halides is 3. The average molecular weight is 619 g/mol. The van der Waals surface area contributed by atoms with E-state index in [0.29, 0.717) is 39.7 Å². The summed E-state index contributed by atoms with van der Waals surface area (Å²) in [4.78, 5) is 4.35. The summed E-state index contributed by atoms with van der Waals surface area (Å²) in [5, 5.41) is 13.5. The maximum atomic E-state index is 14.0. The topological polar surface area (TPSA) is 104 Å². The number of rotatable bonds is 8. The Kier molecular flexibility index (Phi) is 8.10. The molecule has 0 spiro atoms. The van der Waals surface area contributed by atoms with Crippen LogP contribution in [0.2, 0.25) is 5.02 Å². The summed E-state index contributed by atoms with van der Waals surface area (Å²) in [7, 11) is -0.404. The number of pyridine rings is 1. The summed E-state index contributed by atoms with van der Waals surface area (Å²) in [6.45, 7) is 4.78. The van der Waals surface area contributed by atoms with E-state index in [9.17, 15) is 17.4 Å². The smallest absolute Gasteiger partial charge is 0.408 e. The molecule has 14 heteroatoms. The van der Waals surface area contributed by atoms with Gasteiger partial charge in [0.05, 0.1) is 34.1 Å². The summed E-state index contributed by atoms with van der Waals surface area (Å²) in [6.07, 6.45) is -3.10. The molecule has 0 aliphatic carbocycles. The number of methoxy groups -OCH3 is 1. The van der Waals surface area contributed by atoms with Crippen molar-refractivity contribution in [3.63, 3.8) is 0 Å². The van der Waals surface area contributed by atoms with Crippen LogP contribution in [0.25, 0.3) is 27.8 Å². The first-order chi connectivity index (χ1) is 19.8. The van der Waals surface area contributed by atoms with Crippen molar-refractivity contribution in [3.8, 4) is 22.8 Å². The van der Waals surface area contributed by atoms with Crippen LogP contribution in [0, 0.1) is 0 Å². The van der Waals surface area contributed by atoms with Gasteiger partial charge < -0.3 is 9.47 Å². The van der Waals surface area contributed by atoms with Crippen molar-refractivity contribution in [3.05, 3.63) is 77.2 Å². The number of hydrogen-bond donors (Lipinski definition) is 1. The average Bonchev–Trinajstić information content (AvgIpc) is 3.35. The van der Waals surface area contributed by atoms with Crippen molar-refractivity contribution in [2.24, 2.45) is 0 Å². The minimum absolute atomic E-state index is 0.0340. The molecule has 9 nitrogen and oxygen atoms in total. The van der Waals surface area contributed by atoms with Gasteiger partial charge in [-0.25, -0.2) is 8.93 Å². The third kappa shape index (κ3) is 6.18. The monoisotopic (exact) mass is 618 g/mol. The second-order valence-electron chi connectivity index (χ2n) is 10.3. The number of aromatic nitrogens is 5. The Morgan fingerprint density at radius 3 is 2.52 bits per heavy atom. The molecular weight excluding hydrogens is 593 g/mol. The van der Waals surface area contributed by atoms with E-state index in [1.54, 1.807) is 58.3 Å². The molecule has 5 aromatic rings. The van der Waals surface area contributed by atoms with Crippen molar-refractivity contribution in [2.45, 2.75) is 44.3 Å². The third-order valence-corrected chi connectivity index (χ3v) is 8.20. The lowest BCUT2D eigenvalue weighted by Crippen LogP contribution is -2.41. The van der Waals surface area contributed by atoms with E-state index in [-0.39, 0.29) is 17.2 Å². The maximum Gasteiger partial charge on any atom is 0.408 e. The van der Waals surface area contributed by atoms with E-state index in [4.69, 9.17) is 21.1 Å². The van der Waals surface area contributed by atoms with E-state index in [1.807, 2.05) is 12.1 Å². The molecule has 0 fully saturated rings. The minimum Gasteiger partial charge on any atom is -0.497 e. The first-order valence-corrected chi connectivity index (χ1v) is 14.2. The van der Waals surface area contributed by atoms with Gasteiger partial charge in [-0.05, 0) is 62.7 Å². The van der Waals surface area contributed by atoms with E-state index < -0.39 is 28.0 Å². The Hall–Kier alpha value is -3.81. The van der Waals surface area contributed by atoms with Crippen molar-refractivity contribution < 1.29 is 26.9 Å². The van der Waals surface area contributed by atoms with Gasteiger partial charge in [-0.2, -0.15) is 22.8 Å². The third-order valence-electron chi connectivity index (χ3n) is 6.31. The number of hydrogen-bond acceptors (Lipinski definition) is 7. The number of nitrogens with one attached hydrogen (secondary N) is 1. The fraction of sp³-hybridized carbons (Fsp3) is 0.286. The molecule has 1 unspecified atom stereocenters. The molecule has 2 atom stereocenters. The molecule has 0 aliphatic rings. The predicted molar refractivity (Wildman–Crippen MR) is 154 cm³/mol. The molecule has 220 valence electrons. The molecule has 2 aromatic carbocycles. The molecule has 1 N–H and O–H groups in total. The summed E-state index contributed by atoms with van der Waals surface area (Å²) >= 11 is 6.36. The second-order valence-corrected chi connectivity index (χ2v) is 12.7. The van der Waals surface area contributed by atoms with Gasteiger partial charge in [0, 0.05) is 28.2 Å². The first-order valence-electron chi connectivity index (χ1n) is 12.7. The highest BCUT2D eigenvalue weighted by molar-refractivity contribution is 7.84. The molecule has 0 saturated heterocycles. The molecule has 5 rings (SSSR count). The van der Waals surface area contributed by atoms with Crippen LogP contribution in [0.1, 0.15) is 38.2 Å². The maximum absolute atomic E-state index is 14.0. The van der Waals surface area contributed by atoms with Crippen LogP contribution >= 0.6 is 11.6 Å². The molecule has 0 bridgehead atoms. The Labute approximate surface area is 246 Å². The van der Waals surface area contributed by atoms with E-state index in [1.165, 1.54) is 22.7 Å². The van der Waals surface area contributed by atoms with Crippen molar-refractivity contribution in [1.29, 1.82) is 0 Å². The minimum atomic E-state index is -4.73. The van der Waals surface area contributed by atoms with E-state index in [0.717, 1.165) is 5.39 Å². The fourth-order valence-electron chi connectivity index (χ4n) is 4.09. The van der Waals surface area contributed by atoms with E-state index >= 15 is 0 Å².